The molecular weight excluding hydrogens is 321 g/mol. The summed E-state index contributed by atoms with van der Waals surface area (Å²) in [7, 11) is 0. The van der Waals surface area contributed by atoms with E-state index in [1.807, 2.05) is 0 Å². The minimum atomic E-state index is 0.348. The van der Waals surface area contributed by atoms with Crippen LogP contribution in [0.15, 0.2) is 29.0 Å². The number of thiophene rings is 1. The summed E-state index contributed by atoms with van der Waals surface area (Å²) in [5.41, 5.74) is 2.20. The zero-order valence-corrected chi connectivity index (χ0v) is 13.5. The summed E-state index contributed by atoms with van der Waals surface area (Å²) in [5.74, 6) is 0. The first-order chi connectivity index (χ1) is 9.08. The second kappa shape index (κ2) is 6.96. The molecule has 1 unspecified atom stereocenters. The molecule has 2 rings (SSSR count). The van der Waals surface area contributed by atoms with Gasteiger partial charge in [-0.2, -0.15) is 11.3 Å². The maximum atomic E-state index is 6.17. The van der Waals surface area contributed by atoms with Gasteiger partial charge in [-0.1, -0.05) is 34.8 Å². The molecule has 0 spiro atoms. The van der Waals surface area contributed by atoms with Crippen LogP contribution in [0.2, 0.25) is 15.1 Å². The van der Waals surface area contributed by atoms with E-state index in [0.29, 0.717) is 27.7 Å². The van der Waals surface area contributed by atoms with Crippen LogP contribution in [0.1, 0.15) is 18.1 Å². The van der Waals surface area contributed by atoms with Gasteiger partial charge < -0.3 is 5.32 Å². The van der Waals surface area contributed by atoms with Crippen LogP contribution in [0.5, 0.6) is 0 Å². The number of hydrogen-bond donors (Lipinski definition) is 1. The van der Waals surface area contributed by atoms with E-state index >= 15 is 0 Å². The van der Waals surface area contributed by atoms with E-state index in [1.165, 1.54) is 5.56 Å². The third-order valence-electron chi connectivity index (χ3n) is 2.89. The number of hydrogen-bond acceptors (Lipinski definition) is 2. The Labute approximate surface area is 132 Å². The lowest BCUT2D eigenvalue weighted by atomic mass is 10.1. The van der Waals surface area contributed by atoms with Crippen molar-refractivity contribution in [3.63, 3.8) is 0 Å². The van der Waals surface area contributed by atoms with Gasteiger partial charge in [0.15, 0.2) is 0 Å². The molecule has 1 N–H and O–H groups in total. The van der Waals surface area contributed by atoms with Crippen LogP contribution in [-0.4, -0.2) is 6.04 Å². The predicted molar refractivity (Wildman–Crippen MR) is 85.8 cm³/mol. The Morgan fingerprint density at radius 1 is 1.16 bits per heavy atom. The molecule has 0 fully saturated rings. The van der Waals surface area contributed by atoms with E-state index in [9.17, 15) is 0 Å². The average molecular weight is 335 g/mol. The lowest BCUT2D eigenvalue weighted by molar-refractivity contribution is 0.546. The van der Waals surface area contributed by atoms with Crippen molar-refractivity contribution >= 4 is 46.1 Å². The van der Waals surface area contributed by atoms with Crippen molar-refractivity contribution in [2.24, 2.45) is 0 Å². The van der Waals surface area contributed by atoms with Gasteiger partial charge in [-0.3, -0.25) is 0 Å². The van der Waals surface area contributed by atoms with Crippen LogP contribution in [0.3, 0.4) is 0 Å². The lowest BCUT2D eigenvalue weighted by Crippen LogP contribution is -2.27. The van der Waals surface area contributed by atoms with Gasteiger partial charge in [-0.15, -0.1) is 0 Å². The first-order valence-electron chi connectivity index (χ1n) is 5.94. The normalized spacial score (nSPS) is 12.6. The Bertz CT molecular complexity index is 540. The van der Waals surface area contributed by atoms with E-state index in [2.05, 4.69) is 29.1 Å². The fraction of sp³-hybridized carbons (Fsp3) is 0.286. The maximum Gasteiger partial charge on any atom is 0.0652 e. The minimum absolute atomic E-state index is 0.348. The first-order valence-corrected chi connectivity index (χ1v) is 8.02. The molecule has 0 aliphatic carbocycles. The van der Waals surface area contributed by atoms with Crippen molar-refractivity contribution in [3.8, 4) is 0 Å². The second-order valence-corrected chi connectivity index (χ2v) is 6.41. The summed E-state index contributed by atoms with van der Waals surface area (Å²) in [5, 5.41) is 9.39. The summed E-state index contributed by atoms with van der Waals surface area (Å²) in [6.07, 6.45) is 0.985. The highest BCUT2D eigenvalue weighted by Crippen LogP contribution is 2.31. The number of nitrogens with one attached hydrogen (secondary N) is 1. The molecule has 0 aliphatic rings. The van der Waals surface area contributed by atoms with Gasteiger partial charge in [0.05, 0.1) is 10.0 Å². The van der Waals surface area contributed by atoms with Crippen molar-refractivity contribution in [1.29, 1.82) is 0 Å². The molecule has 102 valence electrons. The summed E-state index contributed by atoms with van der Waals surface area (Å²) < 4.78 is 0. The summed E-state index contributed by atoms with van der Waals surface area (Å²) in [6, 6.07) is 5.98. The number of rotatable bonds is 5. The molecule has 0 radical (unpaired) electrons. The zero-order chi connectivity index (χ0) is 13.8. The molecule has 0 amide bonds. The fourth-order valence-corrected chi connectivity index (χ4v) is 3.20. The second-order valence-electron chi connectivity index (χ2n) is 4.44. The molecule has 1 nitrogen and oxygen atoms in total. The van der Waals surface area contributed by atoms with E-state index < -0.39 is 0 Å². The van der Waals surface area contributed by atoms with Crippen molar-refractivity contribution in [1.82, 2.24) is 5.32 Å². The first kappa shape index (κ1) is 15.1. The van der Waals surface area contributed by atoms with Gasteiger partial charge in [0, 0.05) is 23.2 Å². The third-order valence-corrected chi connectivity index (χ3v) is 4.82. The predicted octanol–water partition coefficient (Wildman–Crippen LogP) is 5.43. The summed E-state index contributed by atoms with van der Waals surface area (Å²) in [6.45, 7) is 2.76. The Morgan fingerprint density at radius 3 is 2.58 bits per heavy atom. The highest BCUT2D eigenvalue weighted by molar-refractivity contribution is 7.07. The van der Waals surface area contributed by atoms with E-state index in [1.54, 1.807) is 23.5 Å². The SMILES string of the molecule is CC(Cc1ccsc1)NCc1c(Cl)ccc(Cl)c1Cl. The van der Waals surface area contributed by atoms with Crippen LogP contribution in [-0.2, 0) is 13.0 Å². The van der Waals surface area contributed by atoms with Gasteiger partial charge in [0.1, 0.15) is 0 Å². The van der Waals surface area contributed by atoms with Crippen molar-refractivity contribution in [2.75, 3.05) is 0 Å². The Balaban J connectivity index is 1.97. The van der Waals surface area contributed by atoms with Crippen LogP contribution in [0.25, 0.3) is 0 Å². The molecule has 0 aliphatic heterocycles. The van der Waals surface area contributed by atoms with Crippen molar-refractivity contribution in [2.45, 2.75) is 25.9 Å². The van der Waals surface area contributed by atoms with Crippen LogP contribution >= 0.6 is 46.1 Å². The van der Waals surface area contributed by atoms with Crippen LogP contribution in [0, 0.1) is 0 Å². The molecule has 1 aromatic carbocycles. The van der Waals surface area contributed by atoms with Crippen LogP contribution in [0.4, 0.5) is 0 Å². The Kier molecular flexibility index (Phi) is 5.55. The average Bonchev–Trinajstić information content (AvgIpc) is 2.87. The van der Waals surface area contributed by atoms with Crippen molar-refractivity contribution in [3.05, 3.63) is 55.2 Å². The van der Waals surface area contributed by atoms with E-state index in [0.717, 1.165) is 12.0 Å². The molecule has 0 bridgehead atoms. The van der Waals surface area contributed by atoms with Gasteiger partial charge >= 0.3 is 0 Å². The van der Waals surface area contributed by atoms with E-state index in [-0.39, 0.29) is 0 Å². The van der Waals surface area contributed by atoms with Gasteiger partial charge in [-0.05, 0) is 47.9 Å². The monoisotopic (exact) mass is 333 g/mol. The molecule has 19 heavy (non-hydrogen) atoms. The standard InChI is InChI=1S/C14H14Cl3NS/c1-9(6-10-4-5-19-8-10)18-7-11-12(15)2-3-13(16)14(11)17/h2-5,8-9,18H,6-7H2,1H3. The fourth-order valence-electron chi connectivity index (χ4n) is 1.84. The smallest absolute Gasteiger partial charge is 0.0652 e. The number of halogens is 3. The largest absolute Gasteiger partial charge is 0.310 e. The highest BCUT2D eigenvalue weighted by Gasteiger charge is 2.11. The third kappa shape index (κ3) is 4.11. The van der Waals surface area contributed by atoms with E-state index in [4.69, 9.17) is 34.8 Å². The number of benzene rings is 1. The Hall–Kier alpha value is -0.250. The summed E-state index contributed by atoms with van der Waals surface area (Å²) >= 11 is 20.0. The molecule has 5 heteroatoms. The molecule has 2 aromatic rings. The van der Waals surface area contributed by atoms with Gasteiger partial charge in [-0.25, -0.2) is 0 Å². The lowest BCUT2D eigenvalue weighted by Gasteiger charge is -2.15. The topological polar surface area (TPSA) is 12.0 Å². The molecule has 1 heterocycles. The zero-order valence-electron chi connectivity index (χ0n) is 10.4. The Morgan fingerprint density at radius 2 is 1.89 bits per heavy atom. The summed E-state index contributed by atoms with van der Waals surface area (Å²) in [4.78, 5) is 0. The van der Waals surface area contributed by atoms with Gasteiger partial charge in [0.25, 0.3) is 0 Å². The maximum absolute atomic E-state index is 6.17. The quantitative estimate of drug-likeness (QED) is 0.719. The molecular formula is C14H14Cl3NS. The van der Waals surface area contributed by atoms with Crippen LogP contribution < -0.4 is 5.32 Å². The van der Waals surface area contributed by atoms with Crippen molar-refractivity contribution < 1.29 is 0 Å². The van der Waals surface area contributed by atoms with Gasteiger partial charge in [0.2, 0.25) is 0 Å². The molecule has 1 aromatic heterocycles. The highest BCUT2D eigenvalue weighted by atomic mass is 35.5. The molecule has 0 saturated heterocycles. The minimum Gasteiger partial charge on any atom is -0.310 e. The molecule has 1 atom stereocenters. The molecule has 0 saturated carbocycles.